The van der Waals surface area contributed by atoms with E-state index in [2.05, 4.69) is 25.9 Å². The molecule has 2 saturated carbocycles. The summed E-state index contributed by atoms with van der Waals surface area (Å²) in [6.45, 7) is 2.35. The summed E-state index contributed by atoms with van der Waals surface area (Å²) in [6.07, 6.45) is 10.4. The van der Waals surface area contributed by atoms with Gasteiger partial charge in [0.1, 0.15) is 0 Å². The molecule has 14 heavy (non-hydrogen) atoms. The predicted molar refractivity (Wildman–Crippen MR) is 61.4 cm³/mol. The van der Waals surface area contributed by atoms with Crippen LogP contribution >= 0.6 is 0 Å². The van der Waals surface area contributed by atoms with Gasteiger partial charge in [0.2, 0.25) is 0 Å². The average Bonchev–Trinajstić information content (AvgIpc) is 2.14. The monoisotopic (exact) mass is 195 g/mol. The lowest BCUT2D eigenvalue weighted by Gasteiger charge is -2.52. The van der Waals surface area contributed by atoms with Crippen LogP contribution in [0.1, 0.15) is 51.9 Å². The summed E-state index contributed by atoms with van der Waals surface area (Å²) < 4.78 is 0. The highest BCUT2D eigenvalue weighted by molar-refractivity contribution is 4.97. The minimum absolute atomic E-state index is 0.813. The first-order valence-corrected chi connectivity index (χ1v) is 6.32. The first kappa shape index (κ1) is 10.5. The van der Waals surface area contributed by atoms with Crippen LogP contribution in [0.4, 0.5) is 0 Å². The van der Waals surface area contributed by atoms with Crippen molar-refractivity contribution in [3.05, 3.63) is 0 Å². The van der Waals surface area contributed by atoms with Gasteiger partial charge in [-0.25, -0.2) is 0 Å². The van der Waals surface area contributed by atoms with Crippen molar-refractivity contribution < 1.29 is 0 Å². The van der Waals surface area contributed by atoms with E-state index in [1.54, 1.807) is 12.8 Å². The summed E-state index contributed by atoms with van der Waals surface area (Å²) in [5, 5.41) is 0. The average molecular weight is 195 g/mol. The Labute approximate surface area is 88.9 Å². The first-order chi connectivity index (χ1) is 6.65. The summed E-state index contributed by atoms with van der Waals surface area (Å²) in [7, 11) is 4.47. The molecule has 2 aliphatic carbocycles. The van der Waals surface area contributed by atoms with E-state index < -0.39 is 0 Å². The third-order valence-electron chi connectivity index (χ3n) is 4.77. The Bertz CT molecular complexity index is 181. The second kappa shape index (κ2) is 3.84. The zero-order chi connectivity index (χ0) is 10.2. The van der Waals surface area contributed by atoms with Crippen molar-refractivity contribution in [3.8, 4) is 0 Å². The zero-order valence-electron chi connectivity index (χ0n) is 10.1. The standard InChI is InChI=1S/C13H25N/c1-4-11-9-13(10-11)7-5-12(6-8-13)14(2)3/h11-12H,4-10H2,1-3H3. The Morgan fingerprint density at radius 1 is 1.14 bits per heavy atom. The second-order valence-electron chi connectivity index (χ2n) is 5.88. The normalized spacial score (nSPS) is 42.9. The van der Waals surface area contributed by atoms with Gasteiger partial charge in [-0.05, 0) is 64.0 Å². The third kappa shape index (κ3) is 1.84. The van der Waals surface area contributed by atoms with Crippen molar-refractivity contribution >= 4 is 0 Å². The van der Waals surface area contributed by atoms with Crippen molar-refractivity contribution in [2.75, 3.05) is 14.1 Å². The highest BCUT2D eigenvalue weighted by atomic mass is 15.1. The van der Waals surface area contributed by atoms with Crippen LogP contribution < -0.4 is 0 Å². The van der Waals surface area contributed by atoms with Crippen LogP contribution in [0.25, 0.3) is 0 Å². The number of hydrogen-bond acceptors (Lipinski definition) is 1. The molecule has 0 bridgehead atoms. The molecule has 0 aromatic carbocycles. The molecule has 0 amide bonds. The van der Waals surface area contributed by atoms with E-state index in [1.807, 2.05) is 0 Å². The largest absolute Gasteiger partial charge is 0.306 e. The van der Waals surface area contributed by atoms with Crippen molar-refractivity contribution in [1.82, 2.24) is 4.90 Å². The summed E-state index contributed by atoms with van der Waals surface area (Å²) in [4.78, 5) is 2.42. The van der Waals surface area contributed by atoms with Gasteiger partial charge in [0, 0.05) is 6.04 Å². The molecule has 0 atom stereocenters. The minimum atomic E-state index is 0.813. The molecule has 0 radical (unpaired) electrons. The second-order valence-corrected chi connectivity index (χ2v) is 5.88. The van der Waals surface area contributed by atoms with E-state index in [1.165, 1.54) is 32.1 Å². The Morgan fingerprint density at radius 2 is 1.71 bits per heavy atom. The van der Waals surface area contributed by atoms with Gasteiger partial charge < -0.3 is 4.90 Å². The Kier molecular flexibility index (Phi) is 2.88. The lowest BCUT2D eigenvalue weighted by atomic mass is 9.55. The molecule has 2 rings (SSSR count). The van der Waals surface area contributed by atoms with E-state index in [0.29, 0.717) is 0 Å². The molecule has 0 heterocycles. The summed E-state index contributed by atoms with van der Waals surface area (Å²) in [6, 6.07) is 0.876. The van der Waals surface area contributed by atoms with Gasteiger partial charge in [-0.1, -0.05) is 13.3 Å². The molecule has 0 saturated heterocycles. The lowest BCUT2D eigenvalue weighted by Crippen LogP contribution is -2.43. The van der Waals surface area contributed by atoms with Crippen LogP contribution in [0.3, 0.4) is 0 Å². The molecule has 82 valence electrons. The first-order valence-electron chi connectivity index (χ1n) is 6.32. The highest BCUT2D eigenvalue weighted by Crippen LogP contribution is 2.55. The predicted octanol–water partition coefficient (Wildman–Crippen LogP) is 3.30. The highest BCUT2D eigenvalue weighted by Gasteiger charge is 2.45. The zero-order valence-corrected chi connectivity index (χ0v) is 10.1. The quantitative estimate of drug-likeness (QED) is 0.653. The van der Waals surface area contributed by atoms with E-state index >= 15 is 0 Å². The molecule has 0 aliphatic heterocycles. The molecule has 0 aromatic heterocycles. The van der Waals surface area contributed by atoms with Gasteiger partial charge in [-0.2, -0.15) is 0 Å². The molecule has 1 spiro atoms. The number of rotatable bonds is 2. The van der Waals surface area contributed by atoms with Gasteiger partial charge in [-0.3, -0.25) is 0 Å². The molecule has 0 aromatic rings. The van der Waals surface area contributed by atoms with Gasteiger partial charge in [0.15, 0.2) is 0 Å². The minimum Gasteiger partial charge on any atom is -0.306 e. The van der Waals surface area contributed by atoms with E-state index in [9.17, 15) is 0 Å². The van der Waals surface area contributed by atoms with Gasteiger partial charge >= 0.3 is 0 Å². The smallest absolute Gasteiger partial charge is 0.00895 e. The van der Waals surface area contributed by atoms with Gasteiger partial charge in [-0.15, -0.1) is 0 Å². The maximum absolute atomic E-state index is 2.42. The summed E-state index contributed by atoms with van der Waals surface area (Å²) >= 11 is 0. The van der Waals surface area contributed by atoms with Crippen LogP contribution in [0.15, 0.2) is 0 Å². The molecule has 1 heteroatoms. The molecular formula is C13H25N. The lowest BCUT2D eigenvalue weighted by molar-refractivity contribution is -0.00685. The van der Waals surface area contributed by atoms with Crippen LogP contribution in [0, 0.1) is 11.3 Å². The van der Waals surface area contributed by atoms with Crippen molar-refractivity contribution in [2.45, 2.75) is 57.9 Å². The van der Waals surface area contributed by atoms with Crippen LogP contribution in [-0.4, -0.2) is 25.0 Å². The topological polar surface area (TPSA) is 3.24 Å². The molecule has 2 fully saturated rings. The van der Waals surface area contributed by atoms with Crippen LogP contribution in [0.5, 0.6) is 0 Å². The summed E-state index contributed by atoms with van der Waals surface area (Å²) in [5.41, 5.74) is 0.813. The Hall–Kier alpha value is -0.0400. The third-order valence-corrected chi connectivity index (χ3v) is 4.77. The van der Waals surface area contributed by atoms with Gasteiger partial charge in [0.25, 0.3) is 0 Å². The molecule has 0 N–H and O–H groups in total. The SMILES string of the molecule is CCC1CC2(CCC(N(C)C)CC2)C1. The van der Waals surface area contributed by atoms with E-state index in [0.717, 1.165) is 17.4 Å². The van der Waals surface area contributed by atoms with Crippen LogP contribution in [-0.2, 0) is 0 Å². The van der Waals surface area contributed by atoms with Crippen molar-refractivity contribution in [3.63, 3.8) is 0 Å². The Balaban J connectivity index is 1.80. The van der Waals surface area contributed by atoms with Crippen molar-refractivity contribution in [2.24, 2.45) is 11.3 Å². The molecule has 1 nitrogen and oxygen atoms in total. The maximum Gasteiger partial charge on any atom is 0.00895 e. The van der Waals surface area contributed by atoms with Crippen LogP contribution in [0.2, 0.25) is 0 Å². The summed E-state index contributed by atoms with van der Waals surface area (Å²) in [5.74, 6) is 1.07. The number of hydrogen-bond donors (Lipinski definition) is 0. The fourth-order valence-electron chi connectivity index (χ4n) is 3.59. The fourth-order valence-corrected chi connectivity index (χ4v) is 3.59. The van der Waals surface area contributed by atoms with Gasteiger partial charge in [0.05, 0.1) is 0 Å². The van der Waals surface area contributed by atoms with E-state index in [-0.39, 0.29) is 0 Å². The number of nitrogens with zero attached hydrogens (tertiary/aromatic N) is 1. The molecular weight excluding hydrogens is 170 g/mol. The Morgan fingerprint density at radius 3 is 2.14 bits per heavy atom. The van der Waals surface area contributed by atoms with Crippen molar-refractivity contribution in [1.29, 1.82) is 0 Å². The molecule has 0 unspecified atom stereocenters. The molecule has 2 aliphatic rings. The van der Waals surface area contributed by atoms with E-state index in [4.69, 9.17) is 0 Å². The maximum atomic E-state index is 2.42. The fraction of sp³-hybridized carbons (Fsp3) is 1.00.